The van der Waals surface area contributed by atoms with Crippen molar-refractivity contribution < 1.29 is 19.1 Å². The first-order valence-electron chi connectivity index (χ1n) is 4.15. The van der Waals surface area contributed by atoms with Crippen LogP contribution in [0.3, 0.4) is 0 Å². The second-order valence-electron chi connectivity index (χ2n) is 2.80. The Morgan fingerprint density at radius 3 is 1.86 bits per heavy atom. The topological polar surface area (TPSA) is 52.6 Å². The Kier molecular flexibility index (Phi) is 6.52. The molecule has 0 saturated heterocycles. The van der Waals surface area contributed by atoms with E-state index in [-0.39, 0.29) is 10.2 Å². The van der Waals surface area contributed by atoms with Gasteiger partial charge in [0.25, 0.3) is 0 Å². The maximum absolute atomic E-state index is 10.9. The highest BCUT2D eigenvalue weighted by Crippen LogP contribution is 2.01. The first-order valence-corrected chi connectivity index (χ1v) is 5.39. The first-order chi connectivity index (χ1) is 6.41. The van der Waals surface area contributed by atoms with E-state index < -0.39 is 11.9 Å². The average Bonchev–Trinajstić information content (AvgIpc) is 1.98. The summed E-state index contributed by atoms with van der Waals surface area (Å²) in [4.78, 5) is 21.8. The lowest BCUT2D eigenvalue weighted by Crippen LogP contribution is -2.10. The Morgan fingerprint density at radius 1 is 1.07 bits per heavy atom. The van der Waals surface area contributed by atoms with E-state index in [4.69, 9.17) is 9.47 Å². The largest absolute Gasteiger partial charge is 0.460 e. The zero-order valence-electron chi connectivity index (χ0n) is 8.32. The Labute approximate surface area is 96.8 Å². The molecule has 0 aromatic carbocycles. The van der Waals surface area contributed by atoms with Gasteiger partial charge in [0.1, 0.15) is 4.11 Å². The van der Waals surface area contributed by atoms with Crippen LogP contribution in [0, 0.1) is 0 Å². The van der Waals surface area contributed by atoms with Crippen molar-refractivity contribution >= 4 is 34.5 Å². The summed E-state index contributed by atoms with van der Waals surface area (Å²) in [5, 5.41) is 0. The fraction of sp³-hybridized carbons (Fsp3) is 0.556. The molecule has 14 heavy (non-hydrogen) atoms. The van der Waals surface area contributed by atoms with Gasteiger partial charge in [-0.2, -0.15) is 0 Å². The number of alkyl halides is 1. The molecule has 0 aliphatic rings. The van der Waals surface area contributed by atoms with Crippen molar-refractivity contribution in [2.75, 3.05) is 0 Å². The summed E-state index contributed by atoms with van der Waals surface area (Å²) < 4.78 is 9.31. The molecule has 0 bridgehead atoms. The Hall–Kier alpha value is -0.590. The number of rotatable bonds is 4. The van der Waals surface area contributed by atoms with Gasteiger partial charge in [-0.1, -0.05) is 0 Å². The van der Waals surface area contributed by atoms with Gasteiger partial charge >= 0.3 is 11.9 Å². The molecule has 0 aliphatic heterocycles. The molecule has 1 unspecified atom stereocenters. The van der Waals surface area contributed by atoms with E-state index >= 15 is 0 Å². The molecule has 0 rings (SSSR count). The van der Waals surface area contributed by atoms with Gasteiger partial charge < -0.3 is 9.47 Å². The van der Waals surface area contributed by atoms with Crippen LogP contribution in [-0.4, -0.2) is 22.2 Å². The molecule has 5 heteroatoms. The maximum atomic E-state index is 10.9. The monoisotopic (exact) mass is 312 g/mol. The van der Waals surface area contributed by atoms with Crippen molar-refractivity contribution in [1.29, 1.82) is 0 Å². The number of carbonyl (C=O) groups excluding carboxylic acids is 2. The SMILES string of the molecule is CC(C)OC(=O)/C=C\C(=O)OC(C)I. The molecule has 80 valence electrons. The molecule has 0 aromatic heterocycles. The van der Waals surface area contributed by atoms with Crippen LogP contribution >= 0.6 is 22.6 Å². The zero-order chi connectivity index (χ0) is 11.1. The standard InChI is InChI=1S/C9H13IO4/c1-6(2)13-8(11)4-5-9(12)14-7(3)10/h4-7H,1-3H3/b5-4-. The van der Waals surface area contributed by atoms with E-state index in [0.717, 1.165) is 12.2 Å². The van der Waals surface area contributed by atoms with Gasteiger partial charge in [-0.3, -0.25) is 0 Å². The Morgan fingerprint density at radius 2 is 1.50 bits per heavy atom. The minimum absolute atomic E-state index is 0.188. The number of hydrogen-bond donors (Lipinski definition) is 0. The molecule has 0 spiro atoms. The summed E-state index contributed by atoms with van der Waals surface area (Å²) in [5.41, 5.74) is 0. The van der Waals surface area contributed by atoms with Crippen LogP contribution in [0.5, 0.6) is 0 Å². The van der Waals surface area contributed by atoms with E-state index in [1.54, 1.807) is 20.8 Å². The highest BCUT2D eigenvalue weighted by molar-refractivity contribution is 14.1. The summed E-state index contributed by atoms with van der Waals surface area (Å²) in [6, 6.07) is 0. The number of ether oxygens (including phenoxy) is 2. The van der Waals surface area contributed by atoms with Crippen LogP contribution in [0.4, 0.5) is 0 Å². The highest BCUT2D eigenvalue weighted by atomic mass is 127. The lowest BCUT2D eigenvalue weighted by atomic mass is 10.4. The number of halogens is 1. The fourth-order valence-electron chi connectivity index (χ4n) is 0.607. The molecular weight excluding hydrogens is 299 g/mol. The van der Waals surface area contributed by atoms with Crippen molar-refractivity contribution in [1.82, 2.24) is 0 Å². The maximum Gasteiger partial charge on any atom is 0.332 e. The molecule has 0 aliphatic carbocycles. The molecule has 0 heterocycles. The molecule has 0 amide bonds. The lowest BCUT2D eigenvalue weighted by molar-refractivity contribution is -0.142. The minimum Gasteiger partial charge on any atom is -0.460 e. The van der Waals surface area contributed by atoms with Crippen LogP contribution in [0.2, 0.25) is 0 Å². The van der Waals surface area contributed by atoms with Gasteiger partial charge in [-0.25, -0.2) is 9.59 Å². The molecule has 4 nitrogen and oxygen atoms in total. The van der Waals surface area contributed by atoms with E-state index in [0.29, 0.717) is 0 Å². The quantitative estimate of drug-likeness (QED) is 0.344. The van der Waals surface area contributed by atoms with Gasteiger partial charge in [0.05, 0.1) is 6.10 Å². The molecular formula is C9H13IO4. The Balaban J connectivity index is 3.92. The van der Waals surface area contributed by atoms with Gasteiger partial charge in [0.15, 0.2) is 0 Å². The highest BCUT2D eigenvalue weighted by Gasteiger charge is 2.04. The molecule has 0 N–H and O–H groups in total. The Bertz CT molecular complexity index is 209. The van der Waals surface area contributed by atoms with Crippen molar-refractivity contribution in [3.63, 3.8) is 0 Å². The second kappa shape index (κ2) is 6.80. The number of esters is 2. The number of hydrogen-bond acceptors (Lipinski definition) is 4. The van der Waals surface area contributed by atoms with Gasteiger partial charge in [0.2, 0.25) is 0 Å². The summed E-state index contributed by atoms with van der Waals surface area (Å²) in [5.74, 6) is -1.09. The van der Waals surface area contributed by atoms with E-state index in [9.17, 15) is 9.59 Å². The molecule has 0 radical (unpaired) electrons. The van der Waals surface area contributed by atoms with Crippen molar-refractivity contribution in [3.8, 4) is 0 Å². The van der Waals surface area contributed by atoms with Crippen molar-refractivity contribution in [3.05, 3.63) is 12.2 Å². The minimum atomic E-state index is -0.549. The fourth-order valence-corrected chi connectivity index (χ4v) is 0.858. The van der Waals surface area contributed by atoms with Gasteiger partial charge in [-0.15, -0.1) is 0 Å². The third kappa shape index (κ3) is 8.03. The summed E-state index contributed by atoms with van der Waals surface area (Å²) in [7, 11) is 0. The molecule has 0 aromatic rings. The molecule has 0 saturated carbocycles. The van der Waals surface area contributed by atoms with Crippen molar-refractivity contribution in [2.24, 2.45) is 0 Å². The number of carbonyl (C=O) groups is 2. The first kappa shape index (κ1) is 13.4. The zero-order valence-corrected chi connectivity index (χ0v) is 10.5. The second-order valence-corrected chi connectivity index (χ2v) is 4.55. The van der Waals surface area contributed by atoms with Crippen LogP contribution < -0.4 is 0 Å². The van der Waals surface area contributed by atoms with E-state index in [1.807, 2.05) is 22.6 Å². The van der Waals surface area contributed by atoms with Gasteiger partial charge in [-0.05, 0) is 43.4 Å². The van der Waals surface area contributed by atoms with Crippen molar-refractivity contribution in [2.45, 2.75) is 31.0 Å². The van der Waals surface area contributed by atoms with Crippen LogP contribution in [0.25, 0.3) is 0 Å². The lowest BCUT2D eigenvalue weighted by Gasteiger charge is -2.04. The molecule has 0 fully saturated rings. The predicted molar refractivity (Wildman–Crippen MR) is 59.9 cm³/mol. The van der Waals surface area contributed by atoms with E-state index in [1.165, 1.54) is 0 Å². The summed E-state index contributed by atoms with van der Waals surface area (Å²) in [6.45, 7) is 5.19. The molecule has 1 atom stereocenters. The average molecular weight is 312 g/mol. The summed E-state index contributed by atoms with van der Waals surface area (Å²) in [6.07, 6.45) is 1.92. The van der Waals surface area contributed by atoms with Crippen LogP contribution in [0.15, 0.2) is 12.2 Å². The van der Waals surface area contributed by atoms with Gasteiger partial charge in [0, 0.05) is 12.2 Å². The summed E-state index contributed by atoms with van der Waals surface area (Å²) >= 11 is 1.94. The van der Waals surface area contributed by atoms with Crippen LogP contribution in [0.1, 0.15) is 20.8 Å². The normalized spacial score (nSPS) is 12.9. The predicted octanol–water partition coefficient (Wildman–Crippen LogP) is 1.82. The third-order valence-electron chi connectivity index (χ3n) is 0.986. The van der Waals surface area contributed by atoms with Crippen LogP contribution in [-0.2, 0) is 19.1 Å². The van der Waals surface area contributed by atoms with E-state index in [2.05, 4.69) is 0 Å². The third-order valence-corrected chi connectivity index (χ3v) is 1.24. The smallest absolute Gasteiger partial charge is 0.332 e.